The summed E-state index contributed by atoms with van der Waals surface area (Å²) in [5.74, 6) is 0.387. The van der Waals surface area contributed by atoms with Crippen LogP contribution in [0.25, 0.3) is 0 Å². The molecule has 4 nitrogen and oxygen atoms in total. The first-order chi connectivity index (χ1) is 9.77. The number of benzene rings is 1. The summed E-state index contributed by atoms with van der Waals surface area (Å²) in [5.41, 5.74) is 2.51. The molecule has 2 rings (SSSR count). The number of aryl methyl sites for hydroxylation is 1. The normalized spacial score (nSPS) is 23.9. The Kier molecular flexibility index (Phi) is 3.83. The molecule has 0 N–H and O–H groups in total. The maximum Gasteiger partial charge on any atom is 0.303 e. The second-order valence-corrected chi connectivity index (χ2v) is 5.91. The number of Topliss-reactive ketones (excluding diaryl/α,β-unsaturated/α-hetero) is 1. The summed E-state index contributed by atoms with van der Waals surface area (Å²) in [6.07, 6.45) is 0.0880. The van der Waals surface area contributed by atoms with Gasteiger partial charge in [0, 0.05) is 23.6 Å². The minimum absolute atomic E-state index is 0.0297. The lowest BCUT2D eigenvalue weighted by Gasteiger charge is -2.28. The molecule has 0 heterocycles. The van der Waals surface area contributed by atoms with E-state index in [1.165, 1.54) is 6.92 Å². The van der Waals surface area contributed by atoms with Crippen LogP contribution in [0, 0.1) is 19.3 Å². The van der Waals surface area contributed by atoms with Crippen molar-refractivity contribution in [3.63, 3.8) is 0 Å². The maximum absolute atomic E-state index is 12.9. The summed E-state index contributed by atoms with van der Waals surface area (Å²) in [5, 5.41) is 0. The van der Waals surface area contributed by atoms with Crippen LogP contribution in [0.4, 0.5) is 0 Å². The Bertz CT molecular complexity index is 618. The Morgan fingerprint density at radius 1 is 1.38 bits per heavy atom. The first kappa shape index (κ1) is 15.5. The van der Waals surface area contributed by atoms with E-state index in [4.69, 9.17) is 9.47 Å². The number of ketones is 1. The molecule has 4 heteroatoms. The highest BCUT2D eigenvalue weighted by Crippen LogP contribution is 2.52. The SMILES string of the molecule is CCC1(C)C(=O)c2c(cc(C)c(OC)c2C)C1OC(C)=O. The van der Waals surface area contributed by atoms with Crippen molar-refractivity contribution >= 4 is 11.8 Å². The molecule has 114 valence electrons. The van der Waals surface area contributed by atoms with Crippen LogP contribution in [0.3, 0.4) is 0 Å². The molecule has 1 aliphatic carbocycles. The zero-order valence-corrected chi connectivity index (χ0v) is 13.5. The Labute approximate surface area is 125 Å². The summed E-state index contributed by atoms with van der Waals surface area (Å²) in [6, 6.07) is 1.91. The molecule has 21 heavy (non-hydrogen) atoms. The zero-order valence-electron chi connectivity index (χ0n) is 13.5. The highest BCUT2D eigenvalue weighted by atomic mass is 16.5. The van der Waals surface area contributed by atoms with E-state index < -0.39 is 11.5 Å². The molecule has 0 saturated carbocycles. The van der Waals surface area contributed by atoms with Crippen molar-refractivity contribution in [2.45, 2.75) is 47.1 Å². The van der Waals surface area contributed by atoms with Crippen molar-refractivity contribution in [2.24, 2.45) is 5.41 Å². The van der Waals surface area contributed by atoms with E-state index >= 15 is 0 Å². The Morgan fingerprint density at radius 3 is 2.48 bits per heavy atom. The number of carbonyl (C=O) groups excluding carboxylic acids is 2. The smallest absolute Gasteiger partial charge is 0.303 e. The van der Waals surface area contributed by atoms with Gasteiger partial charge in [0.2, 0.25) is 0 Å². The van der Waals surface area contributed by atoms with Crippen LogP contribution in [-0.2, 0) is 9.53 Å². The van der Waals surface area contributed by atoms with Gasteiger partial charge in [-0.3, -0.25) is 9.59 Å². The van der Waals surface area contributed by atoms with Crippen molar-refractivity contribution < 1.29 is 19.1 Å². The lowest BCUT2D eigenvalue weighted by atomic mass is 9.81. The van der Waals surface area contributed by atoms with Crippen molar-refractivity contribution in [2.75, 3.05) is 7.11 Å². The van der Waals surface area contributed by atoms with Crippen molar-refractivity contribution in [1.82, 2.24) is 0 Å². The molecule has 0 saturated heterocycles. The van der Waals surface area contributed by atoms with Gasteiger partial charge in [-0.1, -0.05) is 6.92 Å². The average molecular weight is 290 g/mol. The fourth-order valence-corrected chi connectivity index (χ4v) is 3.27. The molecule has 0 bridgehead atoms. The zero-order chi connectivity index (χ0) is 15.9. The third-order valence-corrected chi connectivity index (χ3v) is 4.56. The van der Waals surface area contributed by atoms with E-state index in [1.54, 1.807) is 7.11 Å². The standard InChI is InChI=1S/C17H22O4/c1-7-17(5)15(19)13-10(3)14(20-6)9(2)8-12(13)16(17)21-11(4)18/h8,16H,7H2,1-6H3. The molecule has 0 aliphatic heterocycles. The van der Waals surface area contributed by atoms with Gasteiger partial charge < -0.3 is 9.47 Å². The summed E-state index contributed by atoms with van der Waals surface area (Å²) in [4.78, 5) is 24.3. The Balaban J connectivity index is 2.72. The number of hydrogen-bond acceptors (Lipinski definition) is 4. The summed E-state index contributed by atoms with van der Waals surface area (Å²) in [6.45, 7) is 9.00. The van der Waals surface area contributed by atoms with Gasteiger partial charge >= 0.3 is 5.97 Å². The van der Waals surface area contributed by atoms with Crippen LogP contribution in [0.5, 0.6) is 5.75 Å². The fraction of sp³-hybridized carbons (Fsp3) is 0.529. The quantitative estimate of drug-likeness (QED) is 0.799. The topological polar surface area (TPSA) is 52.6 Å². The van der Waals surface area contributed by atoms with Gasteiger partial charge in [-0.15, -0.1) is 0 Å². The molecule has 1 aromatic carbocycles. The van der Waals surface area contributed by atoms with Crippen LogP contribution < -0.4 is 4.74 Å². The minimum atomic E-state index is -0.711. The Morgan fingerprint density at radius 2 is 2.00 bits per heavy atom. The summed E-state index contributed by atoms with van der Waals surface area (Å²) in [7, 11) is 1.60. The number of methoxy groups -OCH3 is 1. The van der Waals surface area contributed by atoms with Gasteiger partial charge in [-0.25, -0.2) is 0 Å². The summed E-state index contributed by atoms with van der Waals surface area (Å²) >= 11 is 0. The molecule has 0 amide bonds. The van der Waals surface area contributed by atoms with E-state index in [0.717, 1.165) is 22.4 Å². The first-order valence-corrected chi connectivity index (χ1v) is 7.18. The molecule has 0 fully saturated rings. The fourth-order valence-electron chi connectivity index (χ4n) is 3.27. The van der Waals surface area contributed by atoms with Crippen LogP contribution in [0.1, 0.15) is 60.3 Å². The van der Waals surface area contributed by atoms with Crippen LogP contribution >= 0.6 is 0 Å². The molecule has 2 unspecified atom stereocenters. The highest BCUT2D eigenvalue weighted by molar-refractivity contribution is 6.07. The van der Waals surface area contributed by atoms with Gasteiger partial charge in [-0.05, 0) is 38.8 Å². The van der Waals surface area contributed by atoms with Gasteiger partial charge in [0.1, 0.15) is 11.9 Å². The Hall–Kier alpha value is -1.84. The maximum atomic E-state index is 12.9. The van der Waals surface area contributed by atoms with Gasteiger partial charge in [-0.2, -0.15) is 0 Å². The van der Waals surface area contributed by atoms with Crippen molar-refractivity contribution in [3.8, 4) is 5.75 Å². The largest absolute Gasteiger partial charge is 0.496 e. The lowest BCUT2D eigenvalue weighted by Crippen LogP contribution is -2.29. The average Bonchev–Trinajstić information content (AvgIpc) is 2.61. The molecule has 0 radical (unpaired) electrons. The number of fused-ring (bicyclic) bond motifs is 1. The second-order valence-electron chi connectivity index (χ2n) is 5.91. The van der Waals surface area contributed by atoms with E-state index in [1.807, 2.05) is 33.8 Å². The number of rotatable bonds is 3. The second kappa shape index (κ2) is 5.17. The van der Waals surface area contributed by atoms with Gasteiger partial charge in [0.05, 0.1) is 12.5 Å². The molecule has 1 aromatic rings. The van der Waals surface area contributed by atoms with E-state index in [0.29, 0.717) is 12.0 Å². The van der Waals surface area contributed by atoms with E-state index in [2.05, 4.69) is 0 Å². The third kappa shape index (κ3) is 2.13. The van der Waals surface area contributed by atoms with E-state index in [9.17, 15) is 9.59 Å². The third-order valence-electron chi connectivity index (χ3n) is 4.56. The lowest BCUT2D eigenvalue weighted by molar-refractivity contribution is -0.151. The monoisotopic (exact) mass is 290 g/mol. The van der Waals surface area contributed by atoms with Gasteiger partial charge in [0.25, 0.3) is 0 Å². The number of esters is 1. The van der Waals surface area contributed by atoms with Crippen LogP contribution in [0.2, 0.25) is 0 Å². The highest BCUT2D eigenvalue weighted by Gasteiger charge is 2.51. The van der Waals surface area contributed by atoms with Crippen LogP contribution in [-0.4, -0.2) is 18.9 Å². The molecule has 0 aromatic heterocycles. The molecular weight excluding hydrogens is 268 g/mol. The predicted octanol–water partition coefficient (Wildman–Crippen LogP) is 3.53. The number of hydrogen-bond donors (Lipinski definition) is 0. The molecule has 0 spiro atoms. The first-order valence-electron chi connectivity index (χ1n) is 7.18. The molecule has 1 aliphatic rings. The van der Waals surface area contributed by atoms with Crippen molar-refractivity contribution in [3.05, 3.63) is 28.3 Å². The molecular formula is C17H22O4. The van der Waals surface area contributed by atoms with Crippen LogP contribution in [0.15, 0.2) is 6.07 Å². The van der Waals surface area contributed by atoms with E-state index in [-0.39, 0.29) is 11.8 Å². The van der Waals surface area contributed by atoms with Crippen molar-refractivity contribution in [1.29, 1.82) is 0 Å². The number of ether oxygens (including phenoxy) is 2. The number of carbonyl (C=O) groups is 2. The molecule has 2 atom stereocenters. The summed E-state index contributed by atoms with van der Waals surface area (Å²) < 4.78 is 10.9. The van der Waals surface area contributed by atoms with Gasteiger partial charge in [0.15, 0.2) is 5.78 Å². The predicted molar refractivity (Wildman–Crippen MR) is 79.7 cm³/mol. The minimum Gasteiger partial charge on any atom is -0.496 e.